The first-order valence-corrected chi connectivity index (χ1v) is 10.8. The Bertz CT molecular complexity index is 1000. The fourth-order valence-electron chi connectivity index (χ4n) is 3.41. The molecule has 5 nitrogen and oxygen atoms in total. The number of furan rings is 1. The van der Waals surface area contributed by atoms with Crippen molar-refractivity contribution >= 4 is 6.09 Å². The predicted octanol–water partition coefficient (Wildman–Crippen LogP) is 6.03. The van der Waals surface area contributed by atoms with E-state index in [0.29, 0.717) is 13.0 Å². The Kier molecular flexibility index (Phi) is 7.41. The Hall–Kier alpha value is -3.47. The first-order chi connectivity index (χ1) is 15.2. The fourth-order valence-corrected chi connectivity index (χ4v) is 3.41. The van der Waals surface area contributed by atoms with Gasteiger partial charge in [0.05, 0.1) is 18.8 Å². The van der Waals surface area contributed by atoms with Crippen molar-refractivity contribution < 1.29 is 13.9 Å². The molecule has 1 unspecified atom stereocenters. The summed E-state index contributed by atoms with van der Waals surface area (Å²) < 4.78 is 11.0. The van der Waals surface area contributed by atoms with E-state index < -0.39 is 11.7 Å². The van der Waals surface area contributed by atoms with Gasteiger partial charge in [-0.3, -0.25) is 0 Å². The lowest BCUT2D eigenvalue weighted by atomic mass is 9.99. The summed E-state index contributed by atoms with van der Waals surface area (Å²) in [6, 6.07) is 22.1. The standard InChI is InChI=1S/C27H32N2O3/c1-20(29(5)19-24-12-9-17-31-24)25(28-26(30)32-27(2,3)4)18-21-13-15-23(16-14-21)22-10-7-6-8-11-22/h6-17,25H,1,18-19H2,2-5H3,(H,28,30). The molecule has 0 aliphatic rings. The average molecular weight is 433 g/mol. The lowest BCUT2D eigenvalue weighted by Gasteiger charge is -2.30. The highest BCUT2D eigenvalue weighted by Crippen LogP contribution is 2.21. The average Bonchev–Trinajstić information content (AvgIpc) is 3.25. The minimum Gasteiger partial charge on any atom is -0.467 e. The molecule has 0 fully saturated rings. The third kappa shape index (κ3) is 6.77. The molecule has 32 heavy (non-hydrogen) atoms. The molecule has 3 aromatic rings. The van der Waals surface area contributed by atoms with E-state index in [4.69, 9.17) is 9.15 Å². The summed E-state index contributed by atoms with van der Waals surface area (Å²) in [7, 11) is 1.94. The maximum atomic E-state index is 12.5. The van der Waals surface area contributed by atoms with Crippen LogP contribution < -0.4 is 5.32 Å². The van der Waals surface area contributed by atoms with E-state index in [2.05, 4.69) is 48.3 Å². The summed E-state index contributed by atoms with van der Waals surface area (Å²) in [5.74, 6) is 0.830. The normalized spacial score (nSPS) is 12.1. The number of hydrogen-bond donors (Lipinski definition) is 1. The molecular weight excluding hydrogens is 400 g/mol. The third-order valence-corrected chi connectivity index (χ3v) is 5.06. The van der Waals surface area contributed by atoms with Crippen LogP contribution in [-0.4, -0.2) is 29.7 Å². The molecule has 1 heterocycles. The highest BCUT2D eigenvalue weighted by Gasteiger charge is 2.23. The SMILES string of the molecule is C=C(C(Cc1ccc(-c2ccccc2)cc1)NC(=O)OC(C)(C)C)N(C)Cc1ccco1. The lowest BCUT2D eigenvalue weighted by molar-refractivity contribution is 0.0506. The molecule has 1 atom stereocenters. The van der Waals surface area contributed by atoms with Gasteiger partial charge in [0, 0.05) is 12.7 Å². The molecule has 168 valence electrons. The van der Waals surface area contributed by atoms with Crippen molar-refractivity contribution in [1.29, 1.82) is 0 Å². The zero-order valence-electron chi connectivity index (χ0n) is 19.3. The van der Waals surface area contributed by atoms with Crippen molar-refractivity contribution in [1.82, 2.24) is 10.2 Å². The van der Waals surface area contributed by atoms with Crippen LogP contribution in [0.1, 0.15) is 32.1 Å². The van der Waals surface area contributed by atoms with E-state index in [-0.39, 0.29) is 6.04 Å². The number of nitrogens with zero attached hydrogens (tertiary/aromatic N) is 1. The van der Waals surface area contributed by atoms with Crippen molar-refractivity contribution in [3.05, 3.63) is 96.6 Å². The summed E-state index contributed by atoms with van der Waals surface area (Å²) in [5, 5.41) is 3.00. The van der Waals surface area contributed by atoms with E-state index in [1.165, 1.54) is 5.56 Å². The smallest absolute Gasteiger partial charge is 0.408 e. The fraction of sp³-hybridized carbons (Fsp3) is 0.296. The highest BCUT2D eigenvalue weighted by atomic mass is 16.6. The first-order valence-electron chi connectivity index (χ1n) is 10.8. The monoisotopic (exact) mass is 432 g/mol. The second-order valence-corrected chi connectivity index (χ2v) is 8.89. The number of nitrogens with one attached hydrogen (secondary N) is 1. The van der Waals surface area contributed by atoms with Gasteiger partial charge in [-0.15, -0.1) is 0 Å². The Labute approximate surface area is 190 Å². The van der Waals surface area contributed by atoms with Crippen LogP contribution in [0.2, 0.25) is 0 Å². The van der Waals surface area contributed by atoms with Crippen LogP contribution in [-0.2, 0) is 17.7 Å². The van der Waals surface area contributed by atoms with Crippen LogP contribution in [0.4, 0.5) is 4.79 Å². The number of benzene rings is 2. The third-order valence-electron chi connectivity index (χ3n) is 5.06. The van der Waals surface area contributed by atoms with Gasteiger partial charge >= 0.3 is 6.09 Å². The van der Waals surface area contributed by atoms with Gasteiger partial charge < -0.3 is 19.4 Å². The number of hydrogen-bond acceptors (Lipinski definition) is 4. The quantitative estimate of drug-likeness (QED) is 0.472. The van der Waals surface area contributed by atoms with Crippen LogP contribution in [0.15, 0.2) is 89.7 Å². The van der Waals surface area contributed by atoms with Gasteiger partial charge in [-0.2, -0.15) is 0 Å². The Morgan fingerprint density at radius 2 is 1.69 bits per heavy atom. The molecule has 0 aliphatic carbocycles. The van der Waals surface area contributed by atoms with Crippen LogP contribution in [0.25, 0.3) is 11.1 Å². The molecule has 0 radical (unpaired) electrons. The summed E-state index contributed by atoms with van der Waals surface area (Å²) in [4.78, 5) is 14.5. The largest absolute Gasteiger partial charge is 0.467 e. The Morgan fingerprint density at radius 3 is 2.28 bits per heavy atom. The molecule has 5 heteroatoms. The summed E-state index contributed by atoms with van der Waals surface area (Å²) in [6.07, 6.45) is 1.78. The summed E-state index contributed by atoms with van der Waals surface area (Å²) in [5.41, 5.74) is 3.62. The number of alkyl carbamates (subject to hydrolysis) is 1. The molecule has 0 bridgehead atoms. The van der Waals surface area contributed by atoms with Gasteiger partial charge in [-0.25, -0.2) is 4.79 Å². The molecule has 0 saturated heterocycles. The highest BCUT2D eigenvalue weighted by molar-refractivity contribution is 5.69. The van der Waals surface area contributed by atoms with Gasteiger partial charge in [0.15, 0.2) is 0 Å². The minimum absolute atomic E-state index is 0.326. The van der Waals surface area contributed by atoms with Crippen molar-refractivity contribution in [3.63, 3.8) is 0 Å². The number of carbonyl (C=O) groups is 1. The van der Waals surface area contributed by atoms with Gasteiger partial charge in [-0.1, -0.05) is 61.2 Å². The van der Waals surface area contributed by atoms with E-state index in [1.807, 2.05) is 63.1 Å². The van der Waals surface area contributed by atoms with Crippen LogP contribution in [0.3, 0.4) is 0 Å². The molecule has 1 aromatic heterocycles. The second-order valence-electron chi connectivity index (χ2n) is 8.89. The van der Waals surface area contributed by atoms with Gasteiger partial charge in [0.2, 0.25) is 0 Å². The lowest BCUT2D eigenvalue weighted by Crippen LogP contribution is -2.44. The molecule has 3 rings (SSSR count). The number of carbonyl (C=O) groups excluding carboxylic acids is 1. The number of likely N-dealkylation sites (N-methyl/N-ethyl adjacent to an activating group) is 1. The molecule has 0 aliphatic heterocycles. The molecule has 0 spiro atoms. The van der Waals surface area contributed by atoms with Gasteiger partial charge in [-0.05, 0) is 56.0 Å². The van der Waals surface area contributed by atoms with Crippen LogP contribution >= 0.6 is 0 Å². The number of rotatable bonds is 8. The van der Waals surface area contributed by atoms with Crippen molar-refractivity contribution in [2.24, 2.45) is 0 Å². The molecule has 0 saturated carbocycles. The molecule has 1 N–H and O–H groups in total. The molecule has 1 amide bonds. The topological polar surface area (TPSA) is 54.7 Å². The Morgan fingerprint density at radius 1 is 1.03 bits per heavy atom. The molecule has 2 aromatic carbocycles. The zero-order valence-corrected chi connectivity index (χ0v) is 19.3. The zero-order chi connectivity index (χ0) is 23.1. The maximum Gasteiger partial charge on any atom is 0.408 e. The first kappa shape index (κ1) is 23.2. The van der Waals surface area contributed by atoms with Crippen molar-refractivity contribution in [2.75, 3.05) is 7.05 Å². The van der Waals surface area contributed by atoms with E-state index >= 15 is 0 Å². The van der Waals surface area contributed by atoms with Crippen LogP contribution in [0.5, 0.6) is 0 Å². The summed E-state index contributed by atoms with van der Waals surface area (Å²) >= 11 is 0. The summed E-state index contributed by atoms with van der Waals surface area (Å²) in [6.45, 7) is 10.4. The van der Waals surface area contributed by atoms with Crippen molar-refractivity contribution in [2.45, 2.75) is 45.4 Å². The van der Waals surface area contributed by atoms with E-state index in [9.17, 15) is 4.79 Å². The van der Waals surface area contributed by atoms with E-state index in [0.717, 1.165) is 22.6 Å². The van der Waals surface area contributed by atoms with Crippen LogP contribution in [0, 0.1) is 0 Å². The molecular formula is C27H32N2O3. The predicted molar refractivity (Wildman–Crippen MR) is 128 cm³/mol. The second kappa shape index (κ2) is 10.2. The minimum atomic E-state index is -0.576. The van der Waals surface area contributed by atoms with Crippen molar-refractivity contribution in [3.8, 4) is 11.1 Å². The van der Waals surface area contributed by atoms with Gasteiger partial charge in [0.25, 0.3) is 0 Å². The Balaban J connectivity index is 1.75. The number of amides is 1. The number of ether oxygens (including phenoxy) is 1. The van der Waals surface area contributed by atoms with Gasteiger partial charge in [0.1, 0.15) is 11.4 Å². The maximum absolute atomic E-state index is 12.5. The van der Waals surface area contributed by atoms with E-state index in [1.54, 1.807) is 6.26 Å².